The highest BCUT2D eigenvalue weighted by atomic mass is 16.5. The molecule has 1 aromatic heterocycles. The van der Waals surface area contributed by atoms with Crippen molar-refractivity contribution in [2.45, 2.75) is 53.1 Å². The summed E-state index contributed by atoms with van der Waals surface area (Å²) < 4.78 is 5.68. The number of rotatable bonds is 6. The van der Waals surface area contributed by atoms with E-state index >= 15 is 0 Å². The minimum absolute atomic E-state index is 0.112. The molecule has 4 nitrogen and oxygen atoms in total. The Bertz CT molecular complexity index is 416. The predicted octanol–water partition coefficient (Wildman–Crippen LogP) is 2.73. The number of hydrogen-bond acceptors (Lipinski definition) is 4. The Kier molecular flexibility index (Phi) is 5.49. The lowest BCUT2D eigenvalue weighted by Gasteiger charge is -2.14. The Hall–Kier alpha value is -1.00. The Morgan fingerprint density at radius 3 is 2.50 bits per heavy atom. The van der Waals surface area contributed by atoms with Gasteiger partial charge in [-0.3, -0.25) is 0 Å². The molecular weight excluding hydrogens is 250 g/mol. The van der Waals surface area contributed by atoms with E-state index < -0.39 is 0 Å². The van der Waals surface area contributed by atoms with Crippen molar-refractivity contribution in [2.75, 3.05) is 19.7 Å². The number of nitrogens with one attached hydrogen (secondary N) is 1. The van der Waals surface area contributed by atoms with Crippen LogP contribution in [-0.4, -0.2) is 29.7 Å². The largest absolute Gasteiger partial charge is 0.370 e. The predicted molar refractivity (Wildman–Crippen MR) is 80.8 cm³/mol. The molecule has 1 fully saturated rings. The quantitative estimate of drug-likeness (QED) is 0.812. The summed E-state index contributed by atoms with van der Waals surface area (Å²) in [5.74, 6) is 1.56. The first-order valence-electron chi connectivity index (χ1n) is 7.74. The van der Waals surface area contributed by atoms with Crippen molar-refractivity contribution < 1.29 is 4.74 Å². The number of nitrogens with zero attached hydrogens (tertiary/aromatic N) is 2. The molecule has 4 heteroatoms. The molecule has 2 rings (SSSR count). The zero-order chi connectivity index (χ0) is 14.5. The van der Waals surface area contributed by atoms with E-state index in [4.69, 9.17) is 4.74 Å². The van der Waals surface area contributed by atoms with Gasteiger partial charge in [0.05, 0.1) is 0 Å². The number of hydrogen-bond donors (Lipinski definition) is 1. The summed E-state index contributed by atoms with van der Waals surface area (Å²) in [6.07, 6.45) is 3.28. The summed E-state index contributed by atoms with van der Waals surface area (Å²) in [4.78, 5) is 9.33. The molecule has 0 aliphatic carbocycles. The van der Waals surface area contributed by atoms with Crippen LogP contribution in [0.1, 0.15) is 55.6 Å². The van der Waals surface area contributed by atoms with Crippen molar-refractivity contribution in [3.8, 4) is 0 Å². The summed E-state index contributed by atoms with van der Waals surface area (Å²) in [5.41, 5.74) is 3.49. The third kappa shape index (κ3) is 4.00. The molecule has 1 aliphatic heterocycles. The van der Waals surface area contributed by atoms with Gasteiger partial charge in [-0.25, -0.2) is 9.97 Å². The first-order chi connectivity index (χ1) is 9.58. The highest BCUT2D eigenvalue weighted by Crippen LogP contribution is 2.27. The molecule has 0 amide bonds. The lowest BCUT2D eigenvalue weighted by Crippen LogP contribution is -2.23. The van der Waals surface area contributed by atoms with E-state index in [0.717, 1.165) is 56.2 Å². The van der Waals surface area contributed by atoms with Crippen molar-refractivity contribution in [3.05, 3.63) is 22.8 Å². The molecule has 1 aliphatic rings. The van der Waals surface area contributed by atoms with Gasteiger partial charge < -0.3 is 10.1 Å². The highest BCUT2D eigenvalue weighted by molar-refractivity contribution is 5.25. The van der Waals surface area contributed by atoms with E-state index in [1.807, 2.05) is 0 Å². The molecule has 1 aromatic rings. The highest BCUT2D eigenvalue weighted by Gasteiger charge is 2.21. The van der Waals surface area contributed by atoms with Crippen LogP contribution in [0.5, 0.6) is 0 Å². The van der Waals surface area contributed by atoms with E-state index in [1.54, 1.807) is 0 Å². The Labute approximate surface area is 122 Å². The van der Waals surface area contributed by atoms with Crippen LogP contribution in [0.3, 0.4) is 0 Å². The van der Waals surface area contributed by atoms with E-state index in [-0.39, 0.29) is 6.10 Å². The Balaban J connectivity index is 1.99. The fraction of sp³-hybridized carbons (Fsp3) is 0.750. The SMILES string of the molecule is Cc1nc(C2CCCO2)nc(C)c1CCNCC(C)C. The zero-order valence-electron chi connectivity index (χ0n) is 13.2. The van der Waals surface area contributed by atoms with Crippen molar-refractivity contribution in [1.82, 2.24) is 15.3 Å². The molecule has 0 radical (unpaired) electrons. The summed E-state index contributed by atoms with van der Waals surface area (Å²) in [5, 5.41) is 3.48. The van der Waals surface area contributed by atoms with E-state index in [2.05, 4.69) is 43.0 Å². The third-order valence-electron chi connectivity index (χ3n) is 3.76. The summed E-state index contributed by atoms with van der Waals surface area (Å²) in [6, 6.07) is 0. The van der Waals surface area contributed by atoms with Crippen LogP contribution in [0.4, 0.5) is 0 Å². The second-order valence-electron chi connectivity index (χ2n) is 6.08. The van der Waals surface area contributed by atoms with Gasteiger partial charge in [0.15, 0.2) is 5.82 Å². The summed E-state index contributed by atoms with van der Waals surface area (Å²) >= 11 is 0. The normalized spacial score (nSPS) is 18.9. The third-order valence-corrected chi connectivity index (χ3v) is 3.76. The average Bonchev–Trinajstić information content (AvgIpc) is 2.90. The molecule has 2 heterocycles. The zero-order valence-corrected chi connectivity index (χ0v) is 13.2. The van der Waals surface area contributed by atoms with Gasteiger partial charge in [0.1, 0.15) is 6.10 Å². The molecule has 0 saturated carbocycles. The molecule has 0 bridgehead atoms. The molecule has 0 spiro atoms. The first-order valence-corrected chi connectivity index (χ1v) is 7.74. The van der Waals surface area contributed by atoms with Crippen LogP contribution >= 0.6 is 0 Å². The second-order valence-corrected chi connectivity index (χ2v) is 6.08. The van der Waals surface area contributed by atoms with Crippen LogP contribution in [0.25, 0.3) is 0 Å². The van der Waals surface area contributed by atoms with Crippen LogP contribution in [0, 0.1) is 19.8 Å². The van der Waals surface area contributed by atoms with Crippen LogP contribution in [-0.2, 0) is 11.2 Å². The van der Waals surface area contributed by atoms with Crippen molar-refractivity contribution in [1.29, 1.82) is 0 Å². The molecule has 1 atom stereocenters. The fourth-order valence-corrected chi connectivity index (χ4v) is 2.66. The van der Waals surface area contributed by atoms with Crippen LogP contribution in [0.2, 0.25) is 0 Å². The average molecular weight is 277 g/mol. The molecule has 1 N–H and O–H groups in total. The number of aryl methyl sites for hydroxylation is 2. The fourth-order valence-electron chi connectivity index (χ4n) is 2.66. The molecule has 20 heavy (non-hydrogen) atoms. The van der Waals surface area contributed by atoms with E-state index in [9.17, 15) is 0 Å². The maximum absolute atomic E-state index is 5.68. The van der Waals surface area contributed by atoms with Gasteiger partial charge in [-0.15, -0.1) is 0 Å². The van der Waals surface area contributed by atoms with Crippen molar-refractivity contribution in [3.63, 3.8) is 0 Å². The van der Waals surface area contributed by atoms with Gasteiger partial charge in [0, 0.05) is 18.0 Å². The summed E-state index contributed by atoms with van der Waals surface area (Å²) in [6.45, 7) is 11.5. The lowest BCUT2D eigenvalue weighted by molar-refractivity contribution is 0.104. The van der Waals surface area contributed by atoms with Crippen LogP contribution in [0.15, 0.2) is 0 Å². The number of ether oxygens (including phenoxy) is 1. The molecule has 112 valence electrons. The van der Waals surface area contributed by atoms with E-state index in [1.165, 1.54) is 5.56 Å². The molecule has 1 saturated heterocycles. The summed E-state index contributed by atoms with van der Waals surface area (Å²) in [7, 11) is 0. The van der Waals surface area contributed by atoms with Gasteiger partial charge in [-0.1, -0.05) is 13.8 Å². The van der Waals surface area contributed by atoms with Crippen LogP contribution < -0.4 is 5.32 Å². The lowest BCUT2D eigenvalue weighted by atomic mass is 10.1. The second kappa shape index (κ2) is 7.14. The molecular formula is C16H27N3O. The topological polar surface area (TPSA) is 47.0 Å². The minimum atomic E-state index is 0.112. The van der Waals surface area contributed by atoms with Gasteiger partial charge in [0.2, 0.25) is 0 Å². The minimum Gasteiger partial charge on any atom is -0.370 e. The molecule has 0 aromatic carbocycles. The maximum atomic E-state index is 5.68. The van der Waals surface area contributed by atoms with Crippen molar-refractivity contribution >= 4 is 0 Å². The maximum Gasteiger partial charge on any atom is 0.157 e. The standard InChI is InChI=1S/C16H27N3O/c1-11(2)10-17-8-7-14-12(3)18-16(19-13(14)4)15-6-5-9-20-15/h11,15,17H,5-10H2,1-4H3. The smallest absolute Gasteiger partial charge is 0.157 e. The molecule has 1 unspecified atom stereocenters. The van der Waals surface area contributed by atoms with Gasteiger partial charge >= 0.3 is 0 Å². The van der Waals surface area contributed by atoms with Gasteiger partial charge in [0.25, 0.3) is 0 Å². The first kappa shape index (κ1) is 15.4. The number of aromatic nitrogens is 2. The van der Waals surface area contributed by atoms with Gasteiger partial charge in [-0.2, -0.15) is 0 Å². The monoisotopic (exact) mass is 277 g/mol. The van der Waals surface area contributed by atoms with Gasteiger partial charge in [-0.05, 0) is 57.7 Å². The van der Waals surface area contributed by atoms with E-state index in [0.29, 0.717) is 5.92 Å². The Morgan fingerprint density at radius 1 is 1.25 bits per heavy atom. The Morgan fingerprint density at radius 2 is 1.95 bits per heavy atom. The van der Waals surface area contributed by atoms with Crippen molar-refractivity contribution in [2.24, 2.45) is 5.92 Å².